The van der Waals surface area contributed by atoms with Crippen LogP contribution in [0.2, 0.25) is 0 Å². The third-order valence-electron chi connectivity index (χ3n) is 2.44. The van der Waals surface area contributed by atoms with Crippen LogP contribution < -0.4 is 10.2 Å². The first-order valence-electron chi connectivity index (χ1n) is 4.99. The summed E-state index contributed by atoms with van der Waals surface area (Å²) in [4.78, 5) is 13.6. The molecule has 0 saturated carbocycles. The smallest absolute Gasteiger partial charge is 0.165 e. The van der Waals surface area contributed by atoms with Crippen LogP contribution in [0.1, 0.15) is 0 Å². The molecule has 1 aromatic rings. The number of hydrogen-bond acceptors (Lipinski definition) is 3. The second-order valence-corrected chi connectivity index (χ2v) is 4.44. The van der Waals surface area contributed by atoms with Gasteiger partial charge in [-0.15, -0.1) is 0 Å². The number of hydrogen-bond donors (Lipinski definition) is 1. The maximum Gasteiger partial charge on any atom is 0.165 e. The van der Waals surface area contributed by atoms with Crippen LogP contribution in [-0.2, 0) is 4.79 Å². The van der Waals surface area contributed by atoms with E-state index in [9.17, 15) is 4.79 Å². The van der Waals surface area contributed by atoms with E-state index in [0.29, 0.717) is 13.1 Å². The third kappa shape index (κ3) is 2.58. The first-order valence-corrected chi connectivity index (χ1v) is 5.78. The summed E-state index contributed by atoms with van der Waals surface area (Å²) in [7, 11) is 0. The van der Waals surface area contributed by atoms with Gasteiger partial charge in [-0.1, -0.05) is 12.1 Å². The zero-order chi connectivity index (χ0) is 10.7. The molecule has 2 rings (SSSR count). The Balaban J connectivity index is 2.22. The van der Waals surface area contributed by atoms with Crippen LogP contribution in [0.25, 0.3) is 0 Å². The molecule has 0 spiro atoms. The van der Waals surface area contributed by atoms with Gasteiger partial charge in [-0.3, -0.25) is 4.79 Å². The van der Waals surface area contributed by atoms with E-state index in [2.05, 4.69) is 26.1 Å². The topological polar surface area (TPSA) is 32.3 Å². The molecule has 1 heterocycles. The molecule has 80 valence electrons. The van der Waals surface area contributed by atoms with E-state index in [0.717, 1.165) is 23.2 Å². The molecule has 0 radical (unpaired) electrons. The summed E-state index contributed by atoms with van der Waals surface area (Å²) in [5.74, 6) is 0.239. The average molecular weight is 269 g/mol. The van der Waals surface area contributed by atoms with Crippen LogP contribution in [0, 0.1) is 0 Å². The first kappa shape index (κ1) is 10.6. The van der Waals surface area contributed by atoms with Gasteiger partial charge in [0.1, 0.15) is 0 Å². The number of para-hydroxylation sites is 1. The molecule has 1 N–H and O–H groups in total. The van der Waals surface area contributed by atoms with Crippen LogP contribution >= 0.6 is 15.9 Å². The normalized spacial score (nSPS) is 17.7. The lowest BCUT2D eigenvalue weighted by Gasteiger charge is -2.22. The molecule has 0 amide bonds. The lowest BCUT2D eigenvalue weighted by Crippen LogP contribution is -2.30. The number of halogens is 1. The van der Waals surface area contributed by atoms with Gasteiger partial charge in [0.2, 0.25) is 0 Å². The molecule has 1 saturated heterocycles. The van der Waals surface area contributed by atoms with E-state index >= 15 is 0 Å². The SMILES string of the molecule is O=C1CNCCN(c2ccccc2Br)C1. The molecule has 0 aliphatic carbocycles. The fourth-order valence-electron chi connectivity index (χ4n) is 1.70. The van der Waals surface area contributed by atoms with Crippen molar-refractivity contribution in [2.45, 2.75) is 0 Å². The molecule has 1 aromatic carbocycles. The van der Waals surface area contributed by atoms with E-state index in [-0.39, 0.29) is 5.78 Å². The number of carbonyl (C=O) groups excluding carboxylic acids is 1. The predicted octanol–water partition coefficient (Wildman–Crippen LogP) is 1.43. The standard InChI is InChI=1S/C11H13BrN2O/c12-10-3-1-2-4-11(10)14-6-5-13-7-9(15)8-14/h1-4,13H,5-8H2. The fraction of sp³-hybridized carbons (Fsp3) is 0.364. The van der Waals surface area contributed by atoms with Crippen molar-refractivity contribution in [2.24, 2.45) is 0 Å². The summed E-state index contributed by atoms with van der Waals surface area (Å²) in [5, 5.41) is 3.11. The van der Waals surface area contributed by atoms with E-state index in [1.165, 1.54) is 0 Å². The Morgan fingerprint density at radius 3 is 2.93 bits per heavy atom. The molecule has 0 bridgehead atoms. The fourth-order valence-corrected chi connectivity index (χ4v) is 2.24. The van der Waals surface area contributed by atoms with Gasteiger partial charge in [0, 0.05) is 17.6 Å². The number of nitrogens with one attached hydrogen (secondary N) is 1. The van der Waals surface area contributed by atoms with E-state index < -0.39 is 0 Å². The van der Waals surface area contributed by atoms with E-state index in [1.807, 2.05) is 24.3 Å². The number of benzene rings is 1. The Bertz CT molecular complexity index is 367. The Labute approximate surface area is 97.6 Å². The molecule has 3 nitrogen and oxygen atoms in total. The number of ketones is 1. The van der Waals surface area contributed by atoms with Crippen LogP contribution in [0.15, 0.2) is 28.7 Å². The maximum absolute atomic E-state index is 11.5. The van der Waals surface area contributed by atoms with Gasteiger partial charge in [-0.2, -0.15) is 0 Å². The van der Waals surface area contributed by atoms with E-state index in [4.69, 9.17) is 0 Å². The molecular weight excluding hydrogens is 256 g/mol. The molecule has 1 aliphatic rings. The highest BCUT2D eigenvalue weighted by atomic mass is 79.9. The minimum absolute atomic E-state index is 0.239. The Kier molecular flexibility index (Phi) is 3.38. The zero-order valence-electron chi connectivity index (χ0n) is 8.37. The molecule has 15 heavy (non-hydrogen) atoms. The van der Waals surface area contributed by atoms with Gasteiger partial charge in [-0.05, 0) is 28.1 Å². The summed E-state index contributed by atoms with van der Waals surface area (Å²) in [6.07, 6.45) is 0. The first-order chi connectivity index (χ1) is 7.27. The van der Waals surface area contributed by atoms with Crippen LogP contribution in [0.5, 0.6) is 0 Å². The van der Waals surface area contributed by atoms with Crippen molar-refractivity contribution in [3.8, 4) is 0 Å². The number of rotatable bonds is 1. The summed E-state index contributed by atoms with van der Waals surface area (Å²) >= 11 is 3.50. The third-order valence-corrected chi connectivity index (χ3v) is 3.11. The second-order valence-electron chi connectivity index (χ2n) is 3.59. The molecule has 1 aliphatic heterocycles. The van der Waals surface area contributed by atoms with Crippen molar-refractivity contribution < 1.29 is 4.79 Å². The van der Waals surface area contributed by atoms with Gasteiger partial charge < -0.3 is 10.2 Å². The summed E-state index contributed by atoms with van der Waals surface area (Å²) < 4.78 is 1.04. The lowest BCUT2D eigenvalue weighted by atomic mass is 10.2. The highest BCUT2D eigenvalue weighted by molar-refractivity contribution is 9.10. The van der Waals surface area contributed by atoms with Crippen molar-refractivity contribution in [3.05, 3.63) is 28.7 Å². The number of nitrogens with zero attached hydrogens (tertiary/aromatic N) is 1. The minimum atomic E-state index is 0.239. The summed E-state index contributed by atoms with van der Waals surface area (Å²) in [6, 6.07) is 8.00. The summed E-state index contributed by atoms with van der Waals surface area (Å²) in [5.41, 5.74) is 1.09. The van der Waals surface area contributed by atoms with Crippen LogP contribution in [-0.4, -0.2) is 32.0 Å². The van der Waals surface area contributed by atoms with Gasteiger partial charge in [-0.25, -0.2) is 0 Å². The monoisotopic (exact) mass is 268 g/mol. The molecular formula is C11H13BrN2O. The molecule has 1 fully saturated rings. The summed E-state index contributed by atoms with van der Waals surface area (Å²) in [6.45, 7) is 2.71. The van der Waals surface area contributed by atoms with Crippen molar-refractivity contribution in [1.82, 2.24) is 5.32 Å². The van der Waals surface area contributed by atoms with Crippen molar-refractivity contribution in [2.75, 3.05) is 31.1 Å². The number of carbonyl (C=O) groups is 1. The lowest BCUT2D eigenvalue weighted by molar-refractivity contribution is -0.116. The van der Waals surface area contributed by atoms with Crippen LogP contribution in [0.4, 0.5) is 5.69 Å². The molecule has 0 aromatic heterocycles. The van der Waals surface area contributed by atoms with Crippen molar-refractivity contribution in [3.63, 3.8) is 0 Å². The Morgan fingerprint density at radius 1 is 1.33 bits per heavy atom. The minimum Gasteiger partial charge on any atom is -0.362 e. The van der Waals surface area contributed by atoms with Gasteiger partial charge in [0.15, 0.2) is 5.78 Å². The van der Waals surface area contributed by atoms with Gasteiger partial charge in [0.25, 0.3) is 0 Å². The maximum atomic E-state index is 11.5. The Morgan fingerprint density at radius 2 is 2.13 bits per heavy atom. The van der Waals surface area contributed by atoms with Crippen molar-refractivity contribution >= 4 is 27.4 Å². The molecule has 0 atom stereocenters. The quantitative estimate of drug-likeness (QED) is 0.837. The molecule has 0 unspecified atom stereocenters. The highest BCUT2D eigenvalue weighted by Crippen LogP contribution is 2.25. The largest absolute Gasteiger partial charge is 0.362 e. The average Bonchev–Trinajstić information content (AvgIpc) is 2.43. The van der Waals surface area contributed by atoms with Crippen molar-refractivity contribution in [1.29, 1.82) is 0 Å². The number of Topliss-reactive ketones (excluding diaryl/α,β-unsaturated/α-hetero) is 1. The highest BCUT2D eigenvalue weighted by Gasteiger charge is 2.16. The van der Waals surface area contributed by atoms with E-state index in [1.54, 1.807) is 0 Å². The second kappa shape index (κ2) is 4.77. The molecule has 4 heteroatoms. The zero-order valence-corrected chi connectivity index (χ0v) is 9.96. The number of anilines is 1. The van der Waals surface area contributed by atoms with Gasteiger partial charge in [0.05, 0.1) is 18.8 Å². The Hall–Kier alpha value is -0.870. The predicted molar refractivity (Wildman–Crippen MR) is 64.2 cm³/mol. The van der Waals surface area contributed by atoms with Crippen LogP contribution in [0.3, 0.4) is 0 Å². The van der Waals surface area contributed by atoms with Gasteiger partial charge >= 0.3 is 0 Å².